The van der Waals surface area contributed by atoms with Crippen molar-refractivity contribution in [2.24, 2.45) is 0 Å². The van der Waals surface area contributed by atoms with Gasteiger partial charge in [0.1, 0.15) is 0 Å². The number of aromatic nitrogens is 2. The van der Waals surface area contributed by atoms with Crippen LogP contribution in [-0.2, 0) is 0 Å². The van der Waals surface area contributed by atoms with E-state index >= 15 is 0 Å². The van der Waals surface area contributed by atoms with Gasteiger partial charge in [0.25, 0.3) is 6.71 Å². The number of anilines is 6. The number of rotatable bonds is 7. The molecule has 0 spiro atoms. The average molecular weight is 979 g/mol. The van der Waals surface area contributed by atoms with Crippen molar-refractivity contribution >= 4 is 101 Å². The zero-order chi connectivity index (χ0) is 50.6. The first kappa shape index (κ1) is 43.3. The van der Waals surface area contributed by atoms with E-state index in [0.29, 0.717) is 0 Å². The summed E-state index contributed by atoms with van der Waals surface area (Å²) in [5.74, 6) is 0. The van der Waals surface area contributed by atoms with Gasteiger partial charge in [-0.05, 0) is 135 Å². The highest BCUT2D eigenvalue weighted by Crippen LogP contribution is 2.48. The Hall–Kier alpha value is -10.1. The fourth-order valence-electron chi connectivity index (χ4n) is 12.9. The van der Waals surface area contributed by atoms with Crippen molar-refractivity contribution in [2.75, 3.05) is 9.80 Å². The summed E-state index contributed by atoms with van der Waals surface area (Å²) in [5.41, 5.74) is 24.7. The maximum absolute atomic E-state index is 2.58. The summed E-state index contributed by atoms with van der Waals surface area (Å²) in [6.45, 7) is -0.146. The van der Waals surface area contributed by atoms with Crippen LogP contribution in [-0.4, -0.2) is 15.8 Å². The summed E-state index contributed by atoms with van der Waals surface area (Å²) < 4.78 is 4.96. The molecule has 0 N–H and O–H groups in total. The van der Waals surface area contributed by atoms with Crippen LogP contribution in [0.5, 0.6) is 0 Å². The largest absolute Gasteiger partial charge is 0.311 e. The quantitative estimate of drug-likeness (QED) is 0.148. The number of hydrogen-bond donors (Lipinski definition) is 0. The second kappa shape index (κ2) is 17.2. The van der Waals surface area contributed by atoms with Crippen LogP contribution in [0.25, 0.3) is 88.4 Å². The van der Waals surface area contributed by atoms with E-state index in [9.17, 15) is 0 Å². The molecule has 16 rings (SSSR count). The fraction of sp³-hybridized carbons (Fsp3) is 0. The van der Waals surface area contributed by atoms with Crippen LogP contribution in [0.3, 0.4) is 0 Å². The van der Waals surface area contributed by atoms with Crippen molar-refractivity contribution in [1.29, 1.82) is 0 Å². The highest BCUT2D eigenvalue weighted by molar-refractivity contribution is 7.00. The zero-order valence-corrected chi connectivity index (χ0v) is 42.0. The van der Waals surface area contributed by atoms with Gasteiger partial charge in [0.2, 0.25) is 0 Å². The minimum atomic E-state index is -0.146. The Morgan fingerprint density at radius 2 is 0.610 bits per heavy atom. The molecule has 0 atom stereocenters. The van der Waals surface area contributed by atoms with Crippen LogP contribution < -0.4 is 26.2 Å². The van der Waals surface area contributed by atoms with Gasteiger partial charge in [-0.3, -0.25) is 0 Å². The van der Waals surface area contributed by atoms with E-state index in [1.807, 2.05) is 0 Å². The molecule has 0 saturated heterocycles. The highest BCUT2D eigenvalue weighted by atomic mass is 15.2. The van der Waals surface area contributed by atoms with E-state index < -0.39 is 0 Å². The lowest BCUT2D eigenvalue weighted by Crippen LogP contribution is -2.61. The molecular formula is C72H47BN4. The van der Waals surface area contributed by atoms with Crippen LogP contribution in [0.4, 0.5) is 34.1 Å². The number of hydrogen-bond acceptors (Lipinski definition) is 2. The summed E-state index contributed by atoms with van der Waals surface area (Å²) in [5, 5.41) is 4.90. The SMILES string of the molecule is c1ccc(-c2ccc(N3c4ccc(-c5ccccc5)cc4B4c5cc6c(cc5N(c5ccc(-c7ccccc7)cc5)c5cc(-n7c8ccccc8c8ccccc87)cc3c54)c3ccccc3n6-c3ccccc3)cc2)cc1. The Bertz CT molecular complexity index is 4550. The monoisotopic (exact) mass is 978 g/mol. The Labute approximate surface area is 447 Å². The first-order valence-corrected chi connectivity index (χ1v) is 26.6. The Morgan fingerprint density at radius 1 is 0.221 bits per heavy atom. The minimum Gasteiger partial charge on any atom is -0.311 e. The number of fused-ring (bicyclic) bond motifs is 10. The second-order valence-corrected chi connectivity index (χ2v) is 20.5. The summed E-state index contributed by atoms with van der Waals surface area (Å²) in [6.07, 6.45) is 0. The molecular weight excluding hydrogens is 932 g/mol. The molecule has 5 heteroatoms. The van der Waals surface area contributed by atoms with Crippen molar-refractivity contribution in [3.05, 3.63) is 285 Å². The molecule has 14 aromatic rings. The maximum Gasteiger partial charge on any atom is 0.252 e. The molecule has 358 valence electrons. The summed E-state index contributed by atoms with van der Waals surface area (Å²) in [4.78, 5) is 5.13. The molecule has 2 aromatic heterocycles. The predicted octanol–water partition coefficient (Wildman–Crippen LogP) is 17.0. The summed E-state index contributed by atoms with van der Waals surface area (Å²) >= 11 is 0. The lowest BCUT2D eigenvalue weighted by molar-refractivity contribution is 1.16. The predicted molar refractivity (Wildman–Crippen MR) is 325 cm³/mol. The third-order valence-corrected chi connectivity index (χ3v) is 16.3. The molecule has 0 bridgehead atoms. The van der Waals surface area contributed by atoms with Crippen LogP contribution in [0.1, 0.15) is 0 Å². The van der Waals surface area contributed by atoms with Crippen molar-refractivity contribution < 1.29 is 0 Å². The fourth-order valence-corrected chi connectivity index (χ4v) is 12.9. The molecule has 0 aliphatic carbocycles. The molecule has 12 aromatic carbocycles. The second-order valence-electron chi connectivity index (χ2n) is 20.5. The van der Waals surface area contributed by atoms with E-state index in [-0.39, 0.29) is 6.71 Å². The molecule has 2 aliphatic rings. The first-order valence-electron chi connectivity index (χ1n) is 26.6. The lowest BCUT2D eigenvalue weighted by Gasteiger charge is -2.44. The van der Waals surface area contributed by atoms with Gasteiger partial charge in [0.15, 0.2) is 0 Å². The normalized spacial score (nSPS) is 12.6. The minimum absolute atomic E-state index is 0.146. The Kier molecular flexibility index (Phi) is 9.70. The number of benzene rings is 12. The topological polar surface area (TPSA) is 16.3 Å². The van der Waals surface area contributed by atoms with E-state index in [2.05, 4.69) is 304 Å². The standard InChI is InChI=1S/C72H47BN4/c1-5-19-48(20-6-1)51-33-38-55(39-34-51)75-67-42-37-53(50-23-9-3-10-24-50)43-62(67)73-63-47-68-61(60-29-15-18-32-66(60)74(68)54-25-11-4-12-26-54)46-69(63)76(56-40-35-52(36-41-56)49-21-7-2-8-22-49)71-45-57(44-70(75)72(71)73)77-64-30-16-13-27-58(64)59-28-14-17-31-65(59)77/h1-47H. The smallest absolute Gasteiger partial charge is 0.252 e. The Balaban J connectivity index is 1.05. The van der Waals surface area contributed by atoms with Gasteiger partial charge in [-0.15, -0.1) is 0 Å². The van der Waals surface area contributed by atoms with E-state index in [0.717, 1.165) is 39.8 Å². The van der Waals surface area contributed by atoms with E-state index in [4.69, 9.17) is 0 Å². The van der Waals surface area contributed by atoms with Crippen molar-refractivity contribution in [2.45, 2.75) is 0 Å². The molecule has 0 amide bonds. The van der Waals surface area contributed by atoms with Gasteiger partial charge in [-0.25, -0.2) is 0 Å². The van der Waals surface area contributed by atoms with Crippen molar-refractivity contribution in [1.82, 2.24) is 9.13 Å². The molecule has 0 saturated carbocycles. The van der Waals surface area contributed by atoms with E-state index in [1.165, 1.54) is 99.1 Å². The van der Waals surface area contributed by atoms with Crippen LogP contribution in [0.2, 0.25) is 0 Å². The molecule has 2 aliphatic heterocycles. The van der Waals surface area contributed by atoms with Gasteiger partial charge < -0.3 is 18.9 Å². The summed E-state index contributed by atoms with van der Waals surface area (Å²) in [7, 11) is 0. The lowest BCUT2D eigenvalue weighted by atomic mass is 9.33. The van der Waals surface area contributed by atoms with Crippen molar-refractivity contribution in [3.63, 3.8) is 0 Å². The first-order chi connectivity index (χ1) is 38.2. The van der Waals surface area contributed by atoms with Gasteiger partial charge in [-0.2, -0.15) is 0 Å². The highest BCUT2D eigenvalue weighted by Gasteiger charge is 2.44. The third kappa shape index (κ3) is 6.74. The van der Waals surface area contributed by atoms with Gasteiger partial charge in [0, 0.05) is 61.4 Å². The van der Waals surface area contributed by atoms with Crippen LogP contribution in [0, 0.1) is 0 Å². The summed E-state index contributed by atoms with van der Waals surface area (Å²) in [6, 6.07) is 105. The number of para-hydroxylation sites is 4. The molecule has 77 heavy (non-hydrogen) atoms. The molecule has 4 heterocycles. The van der Waals surface area contributed by atoms with Gasteiger partial charge in [-0.1, -0.05) is 200 Å². The third-order valence-electron chi connectivity index (χ3n) is 16.3. The zero-order valence-electron chi connectivity index (χ0n) is 42.0. The van der Waals surface area contributed by atoms with Crippen LogP contribution >= 0.6 is 0 Å². The maximum atomic E-state index is 2.58. The van der Waals surface area contributed by atoms with Gasteiger partial charge >= 0.3 is 0 Å². The average Bonchev–Trinajstić information content (AvgIpc) is 4.23. The molecule has 0 fully saturated rings. The molecule has 4 nitrogen and oxygen atoms in total. The molecule has 0 unspecified atom stereocenters. The van der Waals surface area contributed by atoms with E-state index in [1.54, 1.807) is 0 Å². The number of nitrogens with zero attached hydrogens (tertiary/aromatic N) is 4. The Morgan fingerprint density at radius 3 is 1.13 bits per heavy atom. The van der Waals surface area contributed by atoms with Crippen molar-refractivity contribution in [3.8, 4) is 44.8 Å². The molecule has 0 radical (unpaired) electrons. The van der Waals surface area contributed by atoms with Gasteiger partial charge in [0.05, 0.1) is 27.8 Å². The van der Waals surface area contributed by atoms with Crippen LogP contribution in [0.15, 0.2) is 285 Å².